The van der Waals surface area contributed by atoms with Crippen molar-refractivity contribution in [3.63, 3.8) is 0 Å². The molecule has 0 aliphatic rings. The number of carbonyl (C=O) groups is 3. The predicted molar refractivity (Wildman–Crippen MR) is 321 cm³/mol. The first-order valence-corrected chi connectivity index (χ1v) is 33.7. The van der Waals surface area contributed by atoms with Crippen LogP contribution in [0, 0.1) is 0 Å². The molecular weight excluding hydrogens is 913 g/mol. The predicted octanol–water partition coefficient (Wildman–Crippen LogP) is 22.8. The Morgan fingerprint density at radius 3 is 0.730 bits per heavy atom. The van der Waals surface area contributed by atoms with Gasteiger partial charge in [-0.05, 0) is 38.5 Å². The van der Waals surface area contributed by atoms with Crippen molar-refractivity contribution in [3.05, 3.63) is 12.2 Å². The van der Waals surface area contributed by atoms with Crippen LogP contribution in [-0.2, 0) is 28.6 Å². The van der Waals surface area contributed by atoms with Gasteiger partial charge in [-0.2, -0.15) is 0 Å². The van der Waals surface area contributed by atoms with Crippen LogP contribution < -0.4 is 0 Å². The average Bonchev–Trinajstić information content (AvgIpc) is 3.40. The van der Waals surface area contributed by atoms with E-state index in [4.69, 9.17) is 14.2 Å². The number of allylic oxidation sites excluding steroid dienone is 2. The highest BCUT2D eigenvalue weighted by Gasteiger charge is 2.19. The highest BCUT2D eigenvalue weighted by atomic mass is 16.6. The first-order valence-electron chi connectivity index (χ1n) is 33.7. The van der Waals surface area contributed by atoms with Gasteiger partial charge in [0.1, 0.15) is 13.2 Å². The summed E-state index contributed by atoms with van der Waals surface area (Å²) < 4.78 is 16.9. The van der Waals surface area contributed by atoms with Crippen molar-refractivity contribution in [2.75, 3.05) is 13.2 Å². The van der Waals surface area contributed by atoms with Gasteiger partial charge in [0.05, 0.1) is 0 Å². The molecule has 0 aromatic heterocycles. The molecule has 0 amide bonds. The second-order valence-corrected chi connectivity index (χ2v) is 23.1. The lowest BCUT2D eigenvalue weighted by atomic mass is 10.0. The highest BCUT2D eigenvalue weighted by molar-refractivity contribution is 5.71. The van der Waals surface area contributed by atoms with Gasteiger partial charge in [-0.15, -0.1) is 0 Å². The van der Waals surface area contributed by atoms with E-state index >= 15 is 0 Å². The van der Waals surface area contributed by atoms with Crippen LogP contribution in [0.4, 0.5) is 0 Å². The lowest BCUT2D eigenvalue weighted by Crippen LogP contribution is -2.30. The SMILES string of the molecule is CCC/C=C\CCCCCCCC(=O)OCC(COC(=O)CCCCCCCCCCCCCCCCCCCCCCCCCC)OC(=O)CCCCCCCCCCCCCCCCCCCCCCCC. The molecule has 1 atom stereocenters. The van der Waals surface area contributed by atoms with Gasteiger partial charge in [-0.1, -0.05) is 341 Å². The van der Waals surface area contributed by atoms with Crippen LogP contribution in [0.3, 0.4) is 0 Å². The molecule has 0 bridgehead atoms. The van der Waals surface area contributed by atoms with Crippen LogP contribution >= 0.6 is 0 Å². The van der Waals surface area contributed by atoms with Crippen LogP contribution in [-0.4, -0.2) is 37.2 Å². The molecule has 438 valence electrons. The molecule has 6 heteroatoms. The molecule has 0 aromatic carbocycles. The number of ether oxygens (including phenoxy) is 3. The molecule has 0 aromatic rings. The Kier molecular flexibility index (Phi) is 62.1. The fourth-order valence-corrected chi connectivity index (χ4v) is 10.5. The number of rotatable bonds is 63. The maximum absolute atomic E-state index is 12.9. The van der Waals surface area contributed by atoms with Crippen molar-refractivity contribution in [1.82, 2.24) is 0 Å². The van der Waals surface area contributed by atoms with E-state index in [0.29, 0.717) is 19.3 Å². The summed E-state index contributed by atoms with van der Waals surface area (Å²) in [4.78, 5) is 38.3. The van der Waals surface area contributed by atoms with Crippen molar-refractivity contribution in [2.24, 2.45) is 0 Å². The van der Waals surface area contributed by atoms with Crippen molar-refractivity contribution in [1.29, 1.82) is 0 Å². The minimum absolute atomic E-state index is 0.0662. The third-order valence-electron chi connectivity index (χ3n) is 15.5. The first kappa shape index (κ1) is 72.2. The lowest BCUT2D eigenvalue weighted by molar-refractivity contribution is -0.167. The number of unbranched alkanes of at least 4 members (excludes halogenated alkanes) is 50. The molecule has 1 unspecified atom stereocenters. The molecule has 0 radical (unpaired) electrons. The van der Waals surface area contributed by atoms with Crippen LogP contribution in [0.15, 0.2) is 12.2 Å². The summed E-state index contributed by atoms with van der Waals surface area (Å²) in [5.74, 6) is -0.846. The molecular formula is C68H130O6. The van der Waals surface area contributed by atoms with Crippen molar-refractivity contribution >= 4 is 17.9 Å². The molecule has 0 saturated heterocycles. The Hall–Kier alpha value is -1.85. The number of hydrogen-bond acceptors (Lipinski definition) is 6. The number of hydrogen-bond donors (Lipinski definition) is 0. The van der Waals surface area contributed by atoms with Crippen molar-refractivity contribution in [2.45, 2.75) is 393 Å². The van der Waals surface area contributed by atoms with E-state index in [1.807, 2.05) is 0 Å². The summed E-state index contributed by atoms with van der Waals surface area (Å²) in [5.41, 5.74) is 0. The third kappa shape index (κ3) is 61.0. The van der Waals surface area contributed by atoms with Crippen LogP contribution in [0.5, 0.6) is 0 Å². The van der Waals surface area contributed by atoms with E-state index in [2.05, 4.69) is 32.9 Å². The average molecular weight is 1040 g/mol. The topological polar surface area (TPSA) is 78.9 Å². The third-order valence-corrected chi connectivity index (χ3v) is 15.5. The molecule has 0 fully saturated rings. The molecule has 0 saturated carbocycles. The van der Waals surface area contributed by atoms with Crippen LogP contribution in [0.25, 0.3) is 0 Å². The zero-order chi connectivity index (χ0) is 53.6. The fourth-order valence-electron chi connectivity index (χ4n) is 10.5. The summed E-state index contributed by atoms with van der Waals surface area (Å²) >= 11 is 0. The summed E-state index contributed by atoms with van der Waals surface area (Å²) in [6.07, 6.45) is 75.3. The molecule has 0 rings (SSSR count). The van der Waals surface area contributed by atoms with Gasteiger partial charge < -0.3 is 14.2 Å². The second kappa shape index (κ2) is 63.7. The highest BCUT2D eigenvalue weighted by Crippen LogP contribution is 2.19. The second-order valence-electron chi connectivity index (χ2n) is 23.1. The smallest absolute Gasteiger partial charge is 0.306 e. The zero-order valence-electron chi connectivity index (χ0n) is 50.4. The Balaban J connectivity index is 4.14. The van der Waals surface area contributed by atoms with E-state index in [1.54, 1.807) is 0 Å². The Morgan fingerprint density at radius 1 is 0.257 bits per heavy atom. The minimum Gasteiger partial charge on any atom is -0.462 e. The van der Waals surface area contributed by atoms with Crippen LogP contribution in [0.1, 0.15) is 387 Å². The van der Waals surface area contributed by atoms with Gasteiger partial charge in [0.25, 0.3) is 0 Å². The Bertz CT molecular complexity index is 1150. The number of esters is 3. The molecule has 0 spiro atoms. The molecule has 6 nitrogen and oxygen atoms in total. The van der Waals surface area contributed by atoms with Crippen molar-refractivity contribution in [3.8, 4) is 0 Å². The normalized spacial score (nSPS) is 12.0. The molecule has 0 aliphatic heterocycles. The molecule has 0 heterocycles. The standard InChI is InChI=1S/C68H130O6/c1-4-7-10-13-16-19-22-24-26-28-30-32-34-35-37-38-40-42-44-46-49-52-55-58-61-67(70)73-64-65(63-72-66(69)60-57-54-51-48-21-18-15-12-9-6-3)74-68(71)62-59-56-53-50-47-45-43-41-39-36-33-31-29-27-25-23-20-17-14-11-8-5-2/h12,15,65H,4-11,13-14,16-64H2,1-3H3/b15-12-. The van der Waals surface area contributed by atoms with Gasteiger partial charge >= 0.3 is 17.9 Å². The Labute approximate surface area is 462 Å². The molecule has 0 aliphatic carbocycles. The summed E-state index contributed by atoms with van der Waals surface area (Å²) in [7, 11) is 0. The maximum atomic E-state index is 12.9. The monoisotopic (exact) mass is 1040 g/mol. The molecule has 74 heavy (non-hydrogen) atoms. The fraction of sp³-hybridized carbons (Fsp3) is 0.926. The van der Waals surface area contributed by atoms with Crippen LogP contribution in [0.2, 0.25) is 0 Å². The van der Waals surface area contributed by atoms with Gasteiger partial charge in [0.2, 0.25) is 0 Å². The van der Waals surface area contributed by atoms with E-state index in [-0.39, 0.29) is 31.1 Å². The minimum atomic E-state index is -0.768. The quantitative estimate of drug-likeness (QED) is 0.0261. The Morgan fingerprint density at radius 2 is 0.473 bits per heavy atom. The molecule has 0 N–H and O–H groups in total. The van der Waals surface area contributed by atoms with Crippen molar-refractivity contribution < 1.29 is 28.6 Å². The van der Waals surface area contributed by atoms with Gasteiger partial charge in [0.15, 0.2) is 6.10 Å². The van der Waals surface area contributed by atoms with E-state index in [9.17, 15) is 14.4 Å². The largest absolute Gasteiger partial charge is 0.462 e. The first-order chi connectivity index (χ1) is 36.5. The summed E-state index contributed by atoms with van der Waals surface area (Å²) in [6, 6.07) is 0. The van der Waals surface area contributed by atoms with Gasteiger partial charge in [-0.25, -0.2) is 0 Å². The summed E-state index contributed by atoms with van der Waals surface area (Å²) in [6.45, 7) is 6.66. The summed E-state index contributed by atoms with van der Waals surface area (Å²) in [5, 5.41) is 0. The van der Waals surface area contributed by atoms with Gasteiger partial charge in [-0.3, -0.25) is 14.4 Å². The lowest BCUT2D eigenvalue weighted by Gasteiger charge is -2.18. The van der Waals surface area contributed by atoms with E-state index < -0.39 is 6.10 Å². The zero-order valence-corrected chi connectivity index (χ0v) is 50.4. The van der Waals surface area contributed by atoms with E-state index in [0.717, 1.165) is 70.6 Å². The van der Waals surface area contributed by atoms with Gasteiger partial charge in [0, 0.05) is 19.3 Å². The number of carbonyl (C=O) groups excluding carboxylic acids is 3. The van der Waals surface area contributed by atoms with E-state index in [1.165, 1.54) is 276 Å². The maximum Gasteiger partial charge on any atom is 0.306 e.